The molecule has 0 N–H and O–H groups in total. The molecule has 0 aromatic heterocycles. The van der Waals surface area contributed by atoms with E-state index >= 15 is 0 Å². The van der Waals surface area contributed by atoms with Crippen molar-refractivity contribution in [2.45, 2.75) is 104 Å². The minimum atomic E-state index is -0.0936. The molecule has 0 aliphatic heterocycles. The molecule has 0 spiro atoms. The Labute approximate surface area is 162 Å². The molecule has 0 saturated heterocycles. The zero-order chi connectivity index (χ0) is 19.1. The number of rotatable bonds is 21. The normalized spacial score (nSPS) is 11.7. The van der Waals surface area contributed by atoms with Gasteiger partial charge in [0, 0.05) is 26.2 Å². The lowest BCUT2D eigenvalue weighted by Gasteiger charge is -2.18. The van der Waals surface area contributed by atoms with E-state index in [0.29, 0.717) is 13.4 Å². The summed E-state index contributed by atoms with van der Waals surface area (Å²) in [5.74, 6) is 0. The summed E-state index contributed by atoms with van der Waals surface area (Å²) in [6.07, 6.45) is 18.0. The maximum absolute atomic E-state index is 5.97. The van der Waals surface area contributed by atoms with Crippen molar-refractivity contribution in [3.63, 3.8) is 0 Å². The molecular weight excluding hydrogens is 328 g/mol. The summed E-state index contributed by atoms with van der Waals surface area (Å²) in [7, 11) is 0. The molecule has 0 saturated carbocycles. The molecule has 0 aliphatic rings. The Morgan fingerprint density at radius 2 is 1.31 bits per heavy atom. The Morgan fingerprint density at radius 3 is 1.85 bits per heavy atom. The average molecular weight is 373 g/mol. The third-order valence-electron chi connectivity index (χ3n) is 4.22. The van der Waals surface area contributed by atoms with Crippen molar-refractivity contribution in [2.75, 3.05) is 26.6 Å². The maximum Gasteiger partial charge on any atom is 0.188 e. The summed E-state index contributed by atoms with van der Waals surface area (Å²) in [5, 5.41) is 0. The molecule has 156 valence electrons. The van der Waals surface area contributed by atoms with Gasteiger partial charge in [0.25, 0.3) is 0 Å². The summed E-state index contributed by atoms with van der Waals surface area (Å²) in [5.41, 5.74) is 0. The van der Waals surface area contributed by atoms with E-state index in [-0.39, 0.29) is 6.29 Å². The van der Waals surface area contributed by atoms with Crippen molar-refractivity contribution < 1.29 is 18.9 Å². The van der Waals surface area contributed by atoms with E-state index < -0.39 is 0 Å². The molecule has 4 heteroatoms. The topological polar surface area (TPSA) is 36.9 Å². The molecule has 0 unspecified atom stereocenters. The second kappa shape index (κ2) is 22.5. The van der Waals surface area contributed by atoms with Crippen LogP contribution in [-0.4, -0.2) is 32.9 Å². The molecule has 0 rings (SSSR count). The first-order chi connectivity index (χ1) is 12.8. The maximum atomic E-state index is 5.97. The van der Waals surface area contributed by atoms with Crippen LogP contribution in [0.4, 0.5) is 0 Å². The minimum Gasteiger partial charge on any atom is -0.475 e. The second-order valence-corrected chi connectivity index (χ2v) is 6.73. The first-order valence-electron chi connectivity index (χ1n) is 10.9. The van der Waals surface area contributed by atoms with Crippen LogP contribution in [0, 0.1) is 0 Å². The van der Waals surface area contributed by atoms with Crippen LogP contribution in [0.2, 0.25) is 0 Å². The predicted octanol–water partition coefficient (Wildman–Crippen LogP) is 6.59. The van der Waals surface area contributed by atoms with Crippen molar-refractivity contribution in [3.8, 4) is 0 Å². The summed E-state index contributed by atoms with van der Waals surface area (Å²) in [4.78, 5) is 0. The molecule has 0 amide bonds. The smallest absolute Gasteiger partial charge is 0.188 e. The highest BCUT2D eigenvalue weighted by atomic mass is 16.7. The molecule has 4 nitrogen and oxygen atoms in total. The average Bonchev–Trinajstić information content (AvgIpc) is 2.65. The van der Waals surface area contributed by atoms with Crippen LogP contribution >= 0.6 is 0 Å². The van der Waals surface area contributed by atoms with E-state index in [9.17, 15) is 0 Å². The largest absolute Gasteiger partial charge is 0.475 e. The van der Waals surface area contributed by atoms with Gasteiger partial charge >= 0.3 is 0 Å². The van der Waals surface area contributed by atoms with Gasteiger partial charge in [-0.05, 0) is 32.3 Å². The zero-order valence-electron chi connectivity index (χ0n) is 17.7. The van der Waals surface area contributed by atoms with Gasteiger partial charge in [-0.3, -0.25) is 0 Å². The van der Waals surface area contributed by atoms with Gasteiger partial charge in [0.05, 0.1) is 6.26 Å². The van der Waals surface area contributed by atoms with Gasteiger partial charge < -0.3 is 18.9 Å². The molecule has 0 aliphatic carbocycles. The molecule has 0 fully saturated rings. The Hall–Kier alpha value is -0.580. The summed E-state index contributed by atoms with van der Waals surface area (Å²) in [6.45, 7) is 9.03. The Bertz CT molecular complexity index is 265. The van der Waals surface area contributed by atoms with E-state index in [1.807, 2.05) is 13.0 Å². The molecule has 0 aromatic rings. The van der Waals surface area contributed by atoms with Crippen LogP contribution in [0.25, 0.3) is 0 Å². The van der Waals surface area contributed by atoms with Crippen molar-refractivity contribution in [2.24, 2.45) is 0 Å². The lowest BCUT2D eigenvalue weighted by molar-refractivity contribution is -0.146. The number of ether oxygens (including phenoxy) is 4. The Morgan fingerprint density at radius 1 is 0.731 bits per heavy atom. The molecule has 26 heavy (non-hydrogen) atoms. The number of unbranched alkanes of at least 4 members (excludes halogenated alkanes) is 8. The fourth-order valence-electron chi connectivity index (χ4n) is 2.59. The summed E-state index contributed by atoms with van der Waals surface area (Å²) < 4.78 is 22.3. The zero-order valence-corrected chi connectivity index (χ0v) is 17.7. The van der Waals surface area contributed by atoms with Gasteiger partial charge in [-0.1, -0.05) is 65.2 Å². The fourth-order valence-corrected chi connectivity index (χ4v) is 2.59. The van der Waals surface area contributed by atoms with E-state index in [4.69, 9.17) is 18.9 Å². The highest BCUT2D eigenvalue weighted by Crippen LogP contribution is 2.10. The van der Waals surface area contributed by atoms with Gasteiger partial charge in [0.15, 0.2) is 13.1 Å². The van der Waals surface area contributed by atoms with Gasteiger partial charge in [-0.2, -0.15) is 0 Å². The number of hydrogen-bond acceptors (Lipinski definition) is 4. The van der Waals surface area contributed by atoms with Crippen LogP contribution in [0.1, 0.15) is 97.8 Å². The lowest BCUT2D eigenvalue weighted by atomic mass is 10.2. The first kappa shape index (κ1) is 25.4. The van der Waals surface area contributed by atoms with Gasteiger partial charge in [0.1, 0.15) is 0 Å². The molecule has 0 radical (unpaired) electrons. The predicted molar refractivity (Wildman–Crippen MR) is 109 cm³/mol. The SMILES string of the molecule is CCCCCCCOC(CCC=COCOCC)OCCCCCCC. The van der Waals surface area contributed by atoms with Crippen LogP contribution in [0.3, 0.4) is 0 Å². The van der Waals surface area contributed by atoms with Crippen LogP contribution in [-0.2, 0) is 18.9 Å². The quantitative estimate of drug-likeness (QED) is 0.129. The minimum absolute atomic E-state index is 0.0936. The van der Waals surface area contributed by atoms with Crippen molar-refractivity contribution >= 4 is 0 Å². The van der Waals surface area contributed by atoms with Crippen molar-refractivity contribution in [1.82, 2.24) is 0 Å². The van der Waals surface area contributed by atoms with Gasteiger partial charge in [0.2, 0.25) is 0 Å². The van der Waals surface area contributed by atoms with Crippen molar-refractivity contribution in [3.05, 3.63) is 12.3 Å². The lowest BCUT2D eigenvalue weighted by Crippen LogP contribution is -2.18. The van der Waals surface area contributed by atoms with E-state index in [1.165, 1.54) is 51.4 Å². The molecular formula is C22H44O4. The van der Waals surface area contributed by atoms with Crippen LogP contribution in [0.5, 0.6) is 0 Å². The van der Waals surface area contributed by atoms with Crippen LogP contribution < -0.4 is 0 Å². The second-order valence-electron chi connectivity index (χ2n) is 6.73. The Kier molecular flexibility index (Phi) is 22.0. The van der Waals surface area contributed by atoms with E-state index in [0.717, 1.165) is 38.9 Å². The van der Waals surface area contributed by atoms with Crippen molar-refractivity contribution in [1.29, 1.82) is 0 Å². The van der Waals surface area contributed by atoms with E-state index in [2.05, 4.69) is 13.8 Å². The number of allylic oxidation sites excluding steroid dienone is 1. The van der Waals surface area contributed by atoms with Gasteiger partial charge in [-0.15, -0.1) is 0 Å². The van der Waals surface area contributed by atoms with E-state index in [1.54, 1.807) is 6.26 Å². The molecule has 0 bridgehead atoms. The standard InChI is InChI=1S/C22H44O4/c1-4-7-9-11-14-19-25-22(26-20-15-12-10-8-5-2)17-13-16-18-24-21-23-6-3/h16,18,22H,4-15,17,19-21H2,1-3H3. The third-order valence-corrected chi connectivity index (χ3v) is 4.22. The van der Waals surface area contributed by atoms with Crippen LogP contribution in [0.15, 0.2) is 12.3 Å². The fraction of sp³-hybridized carbons (Fsp3) is 0.909. The summed E-state index contributed by atoms with van der Waals surface area (Å²) >= 11 is 0. The highest BCUT2D eigenvalue weighted by molar-refractivity contribution is 4.73. The monoisotopic (exact) mass is 372 g/mol. The summed E-state index contributed by atoms with van der Waals surface area (Å²) in [6, 6.07) is 0. The molecule has 0 atom stereocenters. The molecule has 0 aromatic carbocycles. The first-order valence-corrected chi connectivity index (χ1v) is 10.9. The molecule has 0 heterocycles. The highest BCUT2D eigenvalue weighted by Gasteiger charge is 2.08. The van der Waals surface area contributed by atoms with Gasteiger partial charge in [-0.25, -0.2) is 0 Å². The third kappa shape index (κ3) is 19.7. The Balaban J connectivity index is 3.87. The number of hydrogen-bond donors (Lipinski definition) is 0.